The van der Waals surface area contributed by atoms with Gasteiger partial charge < -0.3 is 20.5 Å². The maximum atomic E-state index is 14.6. The molecule has 4 rings (SSSR count). The highest BCUT2D eigenvalue weighted by Gasteiger charge is 2.54. The maximum absolute atomic E-state index is 14.6. The largest absolute Gasteiger partial charge is 0.495 e. The Bertz CT molecular complexity index is 1200. The lowest BCUT2D eigenvalue weighted by Crippen LogP contribution is -2.40. The van der Waals surface area contributed by atoms with E-state index in [0.29, 0.717) is 13.0 Å². The molecule has 14 heteroatoms. The van der Waals surface area contributed by atoms with E-state index in [-0.39, 0.29) is 24.4 Å². The normalized spacial score (nSPS) is 20.8. The van der Waals surface area contributed by atoms with E-state index in [0.717, 1.165) is 23.9 Å². The number of halogens is 6. The monoisotopic (exact) mass is 476 g/mol. The van der Waals surface area contributed by atoms with Crippen LogP contribution in [0.4, 0.5) is 32.2 Å². The lowest BCUT2D eigenvalue weighted by atomic mass is 10.0. The zero-order valence-corrected chi connectivity index (χ0v) is 17.2. The number of methoxy groups -OCH3 is 1. The molecule has 178 valence electrons. The highest BCUT2D eigenvalue weighted by atomic mass is 19.4. The fraction of sp³-hybridized carbons (Fsp3) is 0.421. The number of nitrogens with zero attached hydrogens (tertiary/aromatic N) is 4. The number of alkyl halides is 4. The Kier molecular flexibility index (Phi) is 5.60. The molecule has 0 aliphatic carbocycles. The van der Waals surface area contributed by atoms with E-state index in [1.165, 1.54) is 0 Å². The minimum atomic E-state index is -5.11. The van der Waals surface area contributed by atoms with Crippen LogP contribution in [0.25, 0.3) is 17.0 Å². The number of anilines is 1. The first kappa shape index (κ1) is 23.0. The summed E-state index contributed by atoms with van der Waals surface area (Å²) in [5, 5.41) is 19.2. The second-order valence-electron chi connectivity index (χ2n) is 7.62. The number of nitrogens with one attached hydrogen (secondary N) is 2. The highest BCUT2D eigenvalue weighted by Crippen LogP contribution is 2.41. The number of hydrogen-bond donors (Lipinski definition) is 3. The van der Waals surface area contributed by atoms with Gasteiger partial charge in [-0.2, -0.15) is 18.3 Å². The van der Waals surface area contributed by atoms with Gasteiger partial charge in [0.2, 0.25) is 5.60 Å². The minimum Gasteiger partial charge on any atom is -0.495 e. The predicted octanol–water partition coefficient (Wildman–Crippen LogP) is 2.57. The van der Waals surface area contributed by atoms with Crippen LogP contribution in [0.15, 0.2) is 18.3 Å². The van der Waals surface area contributed by atoms with Gasteiger partial charge in [0.15, 0.2) is 23.1 Å². The summed E-state index contributed by atoms with van der Waals surface area (Å²) in [5.41, 5.74) is -5.09. The summed E-state index contributed by atoms with van der Waals surface area (Å²) in [4.78, 5) is 7.84. The number of aromatic nitrogens is 4. The molecule has 0 unspecified atom stereocenters. The Balaban J connectivity index is 1.85. The Labute approximate surface area is 182 Å². The molecule has 33 heavy (non-hydrogen) atoms. The summed E-state index contributed by atoms with van der Waals surface area (Å²) in [6, 6.07) is 0.768. The van der Waals surface area contributed by atoms with Crippen LogP contribution in [0, 0.1) is 11.6 Å². The Morgan fingerprint density at radius 3 is 2.55 bits per heavy atom. The molecule has 1 fully saturated rings. The van der Waals surface area contributed by atoms with Gasteiger partial charge in [-0.3, -0.25) is 0 Å². The minimum absolute atomic E-state index is 0.0487. The number of pyridine rings is 1. The Morgan fingerprint density at radius 1 is 1.21 bits per heavy atom. The smallest absolute Gasteiger partial charge is 0.422 e. The van der Waals surface area contributed by atoms with Crippen molar-refractivity contribution in [1.29, 1.82) is 0 Å². The van der Waals surface area contributed by atoms with Gasteiger partial charge in [0.25, 0.3) is 0 Å². The van der Waals surface area contributed by atoms with Crippen LogP contribution in [0.1, 0.15) is 12.6 Å². The second-order valence-corrected chi connectivity index (χ2v) is 7.62. The molecule has 3 atom stereocenters. The number of aliphatic hydroxyl groups is 1. The molecule has 8 nitrogen and oxygen atoms in total. The summed E-state index contributed by atoms with van der Waals surface area (Å²) in [6.45, 7) is 0.720. The Hall–Kier alpha value is -3.13. The summed E-state index contributed by atoms with van der Waals surface area (Å²) >= 11 is 0. The van der Waals surface area contributed by atoms with Gasteiger partial charge in [-0.25, -0.2) is 27.7 Å². The number of hydrogen-bond acceptors (Lipinski definition) is 7. The van der Waals surface area contributed by atoms with E-state index in [4.69, 9.17) is 4.74 Å². The van der Waals surface area contributed by atoms with E-state index in [1.807, 2.05) is 0 Å². The number of rotatable bonds is 5. The van der Waals surface area contributed by atoms with Gasteiger partial charge in [0, 0.05) is 25.2 Å². The third kappa shape index (κ3) is 3.93. The zero-order valence-electron chi connectivity index (χ0n) is 17.2. The molecule has 3 N–H and O–H groups in total. The molecule has 0 aromatic carbocycles. The van der Waals surface area contributed by atoms with Crippen molar-refractivity contribution in [3.8, 4) is 17.1 Å². The molecular formula is C19H18F6N6O2. The fourth-order valence-corrected chi connectivity index (χ4v) is 3.40. The van der Waals surface area contributed by atoms with Crippen molar-refractivity contribution in [3.63, 3.8) is 0 Å². The average Bonchev–Trinajstić information content (AvgIpc) is 3.33. The van der Waals surface area contributed by atoms with Crippen LogP contribution >= 0.6 is 0 Å². The fourth-order valence-electron chi connectivity index (χ4n) is 3.40. The molecular weight excluding hydrogens is 458 g/mol. The van der Waals surface area contributed by atoms with Crippen molar-refractivity contribution in [2.75, 3.05) is 25.5 Å². The average molecular weight is 476 g/mol. The second kappa shape index (κ2) is 8.02. The lowest BCUT2D eigenvalue weighted by molar-refractivity contribution is -0.261. The van der Waals surface area contributed by atoms with Crippen LogP contribution in [0.2, 0.25) is 0 Å². The molecule has 1 aliphatic rings. The lowest BCUT2D eigenvalue weighted by Gasteiger charge is -2.26. The molecule has 0 spiro atoms. The first-order chi connectivity index (χ1) is 15.4. The van der Waals surface area contributed by atoms with Gasteiger partial charge in [0.05, 0.1) is 19.3 Å². The van der Waals surface area contributed by atoms with Crippen molar-refractivity contribution < 1.29 is 36.2 Å². The van der Waals surface area contributed by atoms with Gasteiger partial charge >= 0.3 is 6.18 Å². The van der Waals surface area contributed by atoms with Gasteiger partial charge in [-0.1, -0.05) is 0 Å². The summed E-state index contributed by atoms with van der Waals surface area (Å²) in [6.07, 6.45) is -5.39. The number of ether oxygens (including phenoxy) is 1. The zero-order chi connectivity index (χ0) is 24.1. The summed E-state index contributed by atoms with van der Waals surface area (Å²) in [7, 11) is 1.09. The van der Waals surface area contributed by atoms with Gasteiger partial charge in [-0.15, -0.1) is 0 Å². The molecule has 0 saturated carbocycles. The number of fused-ring (bicyclic) bond motifs is 1. The van der Waals surface area contributed by atoms with Gasteiger partial charge in [-0.05, 0) is 6.92 Å². The third-order valence-electron chi connectivity index (χ3n) is 5.33. The summed E-state index contributed by atoms with van der Waals surface area (Å²) in [5.74, 6) is -3.09. The molecule has 3 aromatic heterocycles. The van der Waals surface area contributed by atoms with E-state index in [1.54, 1.807) is 0 Å². The van der Waals surface area contributed by atoms with Crippen molar-refractivity contribution in [2.45, 2.75) is 30.9 Å². The molecule has 1 saturated heterocycles. The molecule has 0 amide bonds. The molecule has 4 heterocycles. The quantitative estimate of drug-likeness (QED) is 0.487. The van der Waals surface area contributed by atoms with E-state index >= 15 is 0 Å². The van der Waals surface area contributed by atoms with Crippen molar-refractivity contribution >= 4 is 11.5 Å². The van der Waals surface area contributed by atoms with E-state index in [2.05, 4.69) is 25.7 Å². The first-order valence-electron chi connectivity index (χ1n) is 9.64. The number of imidazole rings is 1. The highest BCUT2D eigenvalue weighted by molar-refractivity contribution is 5.63. The van der Waals surface area contributed by atoms with Crippen LogP contribution < -0.4 is 15.4 Å². The van der Waals surface area contributed by atoms with Crippen molar-refractivity contribution in [3.05, 3.63) is 35.7 Å². The van der Waals surface area contributed by atoms with Crippen LogP contribution in [-0.4, -0.2) is 63.3 Å². The molecule has 0 radical (unpaired) electrons. The predicted molar refractivity (Wildman–Crippen MR) is 103 cm³/mol. The first-order valence-corrected chi connectivity index (χ1v) is 9.64. The van der Waals surface area contributed by atoms with Crippen molar-refractivity contribution in [2.24, 2.45) is 0 Å². The molecule has 3 aromatic rings. The molecule has 1 aliphatic heterocycles. The maximum Gasteiger partial charge on any atom is 0.422 e. The van der Waals surface area contributed by atoms with Crippen LogP contribution in [0.5, 0.6) is 5.75 Å². The SMILES string of the molecule is COc1cc2ncc(-c3nc(N[C@@H]4CNC[C@H]4F)c(F)cc3F)n2nc1[C@@](C)(O)C(F)(F)F. The van der Waals surface area contributed by atoms with E-state index in [9.17, 15) is 31.4 Å². The van der Waals surface area contributed by atoms with Crippen molar-refractivity contribution in [1.82, 2.24) is 24.9 Å². The topological polar surface area (TPSA) is 96.6 Å². The summed E-state index contributed by atoms with van der Waals surface area (Å²) < 4.78 is 88.9. The van der Waals surface area contributed by atoms with Crippen LogP contribution in [-0.2, 0) is 5.60 Å². The Morgan fingerprint density at radius 2 is 1.94 bits per heavy atom. The third-order valence-corrected chi connectivity index (χ3v) is 5.33. The standard InChI is InChI=1S/C19H18F6N6O2/c1-18(32,19(23,24)25)16-13(33-2)4-14-27-7-12(31(14)30-16)15-8(20)3-9(21)17(29-15)28-11-6-26-5-10(11)22/h3-4,7,10-11,26,32H,5-6H2,1-2H3,(H,28,29)/t10-,11-,18-/m1/s1. The van der Waals surface area contributed by atoms with Crippen LogP contribution in [0.3, 0.4) is 0 Å². The van der Waals surface area contributed by atoms with E-state index < -0.39 is 58.6 Å². The van der Waals surface area contributed by atoms with Gasteiger partial charge in [0.1, 0.15) is 29.0 Å². The molecule has 0 bridgehead atoms.